The smallest absolute Gasteiger partial charge is 0.337 e. The largest absolute Gasteiger partial charge is 0.465 e. The minimum atomic E-state index is -0.475. The molecule has 0 atom stereocenters. The molecule has 0 heterocycles. The van der Waals surface area contributed by atoms with Gasteiger partial charge < -0.3 is 10.1 Å². The first-order chi connectivity index (χ1) is 10.4. The Bertz CT molecular complexity index is 750. The van der Waals surface area contributed by atoms with E-state index in [4.69, 9.17) is 23.2 Å². The Morgan fingerprint density at radius 1 is 1.18 bits per heavy atom. The van der Waals surface area contributed by atoms with Crippen molar-refractivity contribution in [2.24, 2.45) is 0 Å². The number of hydrogen-bond acceptors (Lipinski definition) is 3. The minimum absolute atomic E-state index is 0.346. The van der Waals surface area contributed by atoms with Gasteiger partial charge in [0.05, 0.1) is 23.3 Å². The summed E-state index contributed by atoms with van der Waals surface area (Å²) in [5, 5.41) is 3.48. The number of ether oxygens (including phenoxy) is 1. The predicted octanol–water partition coefficient (Wildman–Crippen LogP) is 4.64. The van der Waals surface area contributed by atoms with E-state index in [1.54, 1.807) is 24.3 Å². The Hall–Kier alpha value is -1.31. The number of carbonyl (C=O) groups excluding carboxylic acids is 2. The van der Waals surface area contributed by atoms with Gasteiger partial charge in [-0.3, -0.25) is 4.79 Å². The van der Waals surface area contributed by atoms with Crippen molar-refractivity contribution in [2.45, 2.75) is 0 Å². The number of methoxy groups -OCH3 is 1. The van der Waals surface area contributed by atoms with Crippen molar-refractivity contribution in [1.82, 2.24) is 0 Å². The first-order valence-corrected chi connectivity index (χ1v) is 7.90. The fraction of sp³-hybridized carbons (Fsp3) is 0.0667. The number of hydrogen-bond donors (Lipinski definition) is 1. The number of esters is 1. The third kappa shape index (κ3) is 3.91. The molecule has 0 radical (unpaired) electrons. The Kier molecular flexibility index (Phi) is 5.66. The molecule has 0 saturated heterocycles. The van der Waals surface area contributed by atoms with E-state index >= 15 is 0 Å². The van der Waals surface area contributed by atoms with Crippen LogP contribution in [0.3, 0.4) is 0 Å². The fourth-order valence-corrected chi connectivity index (χ4v) is 2.81. The van der Waals surface area contributed by atoms with Gasteiger partial charge in [-0.15, -0.1) is 0 Å². The maximum atomic E-state index is 12.3. The average molecular weight is 450 g/mol. The van der Waals surface area contributed by atoms with E-state index in [2.05, 4.69) is 10.1 Å². The fourth-order valence-electron chi connectivity index (χ4n) is 1.76. The molecular weight excluding hydrogens is 440 g/mol. The molecule has 1 amide bonds. The highest BCUT2D eigenvalue weighted by atomic mass is 127. The summed E-state index contributed by atoms with van der Waals surface area (Å²) in [5.74, 6) is -0.840. The van der Waals surface area contributed by atoms with Gasteiger partial charge in [0.1, 0.15) is 0 Å². The summed E-state index contributed by atoms with van der Waals surface area (Å²) < 4.78 is 5.25. The van der Waals surface area contributed by atoms with Gasteiger partial charge in [-0.05, 0) is 52.9 Å². The Morgan fingerprint density at radius 3 is 2.59 bits per heavy atom. The molecule has 0 spiro atoms. The lowest BCUT2D eigenvalue weighted by molar-refractivity contribution is 0.0600. The number of halogens is 3. The summed E-state index contributed by atoms with van der Waals surface area (Å²) >= 11 is 13.9. The summed E-state index contributed by atoms with van der Waals surface area (Å²) in [6, 6.07) is 9.56. The molecule has 0 aliphatic rings. The van der Waals surface area contributed by atoms with Crippen LogP contribution in [0.4, 0.5) is 5.69 Å². The number of carbonyl (C=O) groups is 2. The standard InChI is InChI=1S/C15H10Cl2INO3/c1-22-15(21)8-3-2-4-10(5-8)19-14(20)11-6-9(16)7-12(17)13(11)18/h2-7H,1H3,(H,19,20). The van der Waals surface area contributed by atoms with Gasteiger partial charge >= 0.3 is 5.97 Å². The molecule has 22 heavy (non-hydrogen) atoms. The van der Waals surface area contributed by atoms with E-state index in [0.717, 1.165) is 0 Å². The maximum absolute atomic E-state index is 12.3. The van der Waals surface area contributed by atoms with Crippen LogP contribution in [0, 0.1) is 3.57 Å². The van der Waals surface area contributed by atoms with Crippen molar-refractivity contribution >= 4 is 63.4 Å². The van der Waals surface area contributed by atoms with E-state index in [-0.39, 0.29) is 5.91 Å². The first-order valence-electron chi connectivity index (χ1n) is 6.06. The van der Waals surface area contributed by atoms with Crippen molar-refractivity contribution in [2.75, 3.05) is 12.4 Å². The van der Waals surface area contributed by atoms with Gasteiger partial charge in [0.2, 0.25) is 0 Å². The van der Waals surface area contributed by atoms with Gasteiger partial charge in [0.25, 0.3) is 5.91 Å². The van der Waals surface area contributed by atoms with Gasteiger partial charge in [0, 0.05) is 14.3 Å². The molecule has 1 N–H and O–H groups in total. The quantitative estimate of drug-likeness (QED) is 0.422. The van der Waals surface area contributed by atoms with Crippen LogP contribution in [-0.4, -0.2) is 19.0 Å². The first kappa shape index (κ1) is 17.1. The molecule has 0 aliphatic heterocycles. The highest BCUT2D eigenvalue weighted by Crippen LogP contribution is 2.27. The lowest BCUT2D eigenvalue weighted by Crippen LogP contribution is -2.14. The summed E-state index contributed by atoms with van der Waals surface area (Å²) in [6.07, 6.45) is 0. The Labute approximate surface area is 150 Å². The van der Waals surface area contributed by atoms with E-state index < -0.39 is 5.97 Å². The monoisotopic (exact) mass is 449 g/mol. The number of benzene rings is 2. The van der Waals surface area contributed by atoms with Crippen LogP contribution >= 0.6 is 45.8 Å². The molecule has 2 aromatic rings. The lowest BCUT2D eigenvalue weighted by Gasteiger charge is -2.09. The van der Waals surface area contributed by atoms with Crippen molar-refractivity contribution in [1.29, 1.82) is 0 Å². The molecule has 4 nitrogen and oxygen atoms in total. The predicted molar refractivity (Wildman–Crippen MR) is 94.9 cm³/mol. The van der Waals surface area contributed by atoms with Gasteiger partial charge in [-0.25, -0.2) is 4.79 Å². The van der Waals surface area contributed by atoms with Crippen molar-refractivity contribution in [3.63, 3.8) is 0 Å². The lowest BCUT2D eigenvalue weighted by atomic mass is 10.1. The second-order valence-electron chi connectivity index (χ2n) is 4.28. The second kappa shape index (κ2) is 7.30. The van der Waals surface area contributed by atoms with Crippen molar-refractivity contribution < 1.29 is 14.3 Å². The SMILES string of the molecule is COC(=O)c1cccc(NC(=O)c2cc(Cl)cc(Cl)c2I)c1. The number of rotatable bonds is 3. The third-order valence-electron chi connectivity index (χ3n) is 2.78. The molecule has 0 unspecified atom stereocenters. The minimum Gasteiger partial charge on any atom is -0.465 e. The van der Waals surface area contributed by atoms with E-state index in [9.17, 15) is 9.59 Å². The zero-order valence-electron chi connectivity index (χ0n) is 11.3. The summed E-state index contributed by atoms with van der Waals surface area (Å²) in [4.78, 5) is 23.8. The highest BCUT2D eigenvalue weighted by molar-refractivity contribution is 14.1. The van der Waals surface area contributed by atoms with E-state index in [1.807, 2.05) is 22.6 Å². The van der Waals surface area contributed by atoms with E-state index in [0.29, 0.717) is 30.4 Å². The summed E-state index contributed by atoms with van der Waals surface area (Å²) in [6.45, 7) is 0. The van der Waals surface area contributed by atoms with Crippen LogP contribution in [0.2, 0.25) is 10.0 Å². The molecule has 0 aliphatic carbocycles. The highest BCUT2D eigenvalue weighted by Gasteiger charge is 2.15. The molecule has 0 aromatic heterocycles. The van der Waals surface area contributed by atoms with Crippen LogP contribution in [0.5, 0.6) is 0 Å². The van der Waals surface area contributed by atoms with E-state index in [1.165, 1.54) is 19.2 Å². The number of anilines is 1. The molecule has 2 rings (SSSR count). The Morgan fingerprint density at radius 2 is 1.91 bits per heavy atom. The zero-order chi connectivity index (χ0) is 16.3. The molecule has 0 fully saturated rings. The van der Waals surface area contributed by atoms with Gasteiger partial charge in [-0.1, -0.05) is 29.3 Å². The molecular formula is C15H10Cl2INO3. The van der Waals surface area contributed by atoms with Crippen LogP contribution in [0.15, 0.2) is 36.4 Å². The van der Waals surface area contributed by atoms with Crippen molar-refractivity contribution in [3.8, 4) is 0 Å². The van der Waals surface area contributed by atoms with Crippen LogP contribution in [0.1, 0.15) is 20.7 Å². The van der Waals surface area contributed by atoms with Gasteiger partial charge in [0.15, 0.2) is 0 Å². The topological polar surface area (TPSA) is 55.4 Å². The van der Waals surface area contributed by atoms with Crippen molar-refractivity contribution in [3.05, 3.63) is 61.1 Å². The second-order valence-corrected chi connectivity index (χ2v) is 6.20. The Balaban J connectivity index is 2.28. The molecule has 114 valence electrons. The maximum Gasteiger partial charge on any atom is 0.337 e. The van der Waals surface area contributed by atoms with Crippen LogP contribution in [-0.2, 0) is 4.74 Å². The van der Waals surface area contributed by atoms with Crippen LogP contribution in [0.25, 0.3) is 0 Å². The third-order valence-corrected chi connectivity index (χ3v) is 4.78. The zero-order valence-corrected chi connectivity index (χ0v) is 15.0. The van der Waals surface area contributed by atoms with Crippen LogP contribution < -0.4 is 5.32 Å². The number of amides is 1. The molecule has 7 heteroatoms. The van der Waals surface area contributed by atoms with Gasteiger partial charge in [-0.2, -0.15) is 0 Å². The summed E-state index contributed by atoms with van der Waals surface area (Å²) in [7, 11) is 1.30. The molecule has 2 aromatic carbocycles. The number of nitrogens with one attached hydrogen (secondary N) is 1. The average Bonchev–Trinajstić information content (AvgIpc) is 2.50. The normalized spacial score (nSPS) is 10.2. The molecule has 0 saturated carbocycles. The summed E-state index contributed by atoms with van der Waals surface area (Å²) in [5.41, 5.74) is 1.18. The molecule has 0 bridgehead atoms.